The minimum atomic E-state index is -1.18. The zero-order chi connectivity index (χ0) is 27.4. The van der Waals surface area contributed by atoms with Gasteiger partial charge in [0.05, 0.1) is 16.0 Å². The molecule has 1 aliphatic carbocycles. The molecule has 4 aromatic rings. The summed E-state index contributed by atoms with van der Waals surface area (Å²) in [6.45, 7) is 7.67. The summed E-state index contributed by atoms with van der Waals surface area (Å²) in [4.78, 5) is 22.2. The highest BCUT2D eigenvalue weighted by Crippen LogP contribution is 2.52. The number of aromatic nitrogens is 5. The van der Waals surface area contributed by atoms with Crippen molar-refractivity contribution in [3.8, 4) is 0 Å². The van der Waals surface area contributed by atoms with E-state index in [0.29, 0.717) is 10.8 Å². The zero-order valence-corrected chi connectivity index (χ0v) is 24.5. The average molecular weight is 583 g/mol. The monoisotopic (exact) mass is 582 g/mol. The van der Waals surface area contributed by atoms with Crippen LogP contribution in [0.4, 0.5) is 11.8 Å². The fourth-order valence-electron chi connectivity index (χ4n) is 5.54. The van der Waals surface area contributed by atoms with Crippen LogP contribution in [0.15, 0.2) is 59.0 Å². The lowest BCUT2D eigenvalue weighted by Crippen LogP contribution is -2.50. The van der Waals surface area contributed by atoms with E-state index in [1.54, 1.807) is 12.4 Å². The summed E-state index contributed by atoms with van der Waals surface area (Å²) >= 11 is 6.68. The highest BCUT2D eigenvalue weighted by Gasteiger charge is 2.51. The first kappa shape index (κ1) is 26.6. The number of nitrogens with two attached hydrogens (primary N) is 1. The quantitative estimate of drug-likeness (QED) is 0.318. The topological polar surface area (TPSA) is 120 Å². The maximum absolute atomic E-state index is 13.2. The van der Waals surface area contributed by atoms with E-state index in [-0.39, 0.29) is 16.2 Å². The van der Waals surface area contributed by atoms with E-state index in [0.717, 1.165) is 59.4 Å². The third-order valence-corrected chi connectivity index (χ3v) is 10.8. The molecule has 1 aliphatic heterocycles. The summed E-state index contributed by atoms with van der Waals surface area (Å²) in [5.41, 5.74) is 8.96. The predicted octanol–water partition coefficient (Wildman–Crippen LogP) is 4.84. The molecular weight excluding hydrogens is 552 g/mol. The smallest absolute Gasteiger partial charge is 0.211 e. The molecule has 9 nitrogen and oxygen atoms in total. The number of halogens is 1. The van der Waals surface area contributed by atoms with Crippen LogP contribution in [-0.4, -0.2) is 46.7 Å². The summed E-state index contributed by atoms with van der Waals surface area (Å²) < 4.78 is 18.4. The van der Waals surface area contributed by atoms with Crippen LogP contribution < -0.4 is 15.4 Å². The van der Waals surface area contributed by atoms with Gasteiger partial charge in [-0.25, -0.2) is 15.0 Å². The van der Waals surface area contributed by atoms with Gasteiger partial charge in [-0.3, -0.25) is 9.38 Å². The molecule has 39 heavy (non-hydrogen) atoms. The molecule has 4 aromatic heterocycles. The van der Waals surface area contributed by atoms with Crippen molar-refractivity contribution in [2.75, 3.05) is 23.7 Å². The SMILES string of the molecule is CC(C)(C)[S+]([O-])N[C@@H]1c2cccnc2CC12CCN(c1ncc(Sc3ccnc(N)c3Cl)c3nccn13)CC2. The molecule has 0 bridgehead atoms. The van der Waals surface area contributed by atoms with Crippen molar-refractivity contribution in [2.45, 2.75) is 60.6 Å². The molecule has 204 valence electrons. The standard InChI is InChI=1S/C27H31ClN8OS2/c1-26(2,3)39(37)34-22-17-5-4-9-30-18(17)15-27(22)7-12-35(13-8-27)25-33-16-20(24-32-11-14-36(24)25)38-19-6-10-31-23(29)21(19)28/h4-6,9-11,14,16,22,34H,7-8,12-13,15H2,1-3H3,(H2,29,31)/t22-,39?/m1/s1. The number of imidazole rings is 1. The van der Waals surface area contributed by atoms with Gasteiger partial charge < -0.3 is 15.2 Å². The fourth-order valence-corrected chi connectivity index (χ4v) is 7.62. The van der Waals surface area contributed by atoms with Gasteiger partial charge in [0.2, 0.25) is 5.95 Å². The van der Waals surface area contributed by atoms with Gasteiger partial charge in [-0.15, -0.1) is 4.72 Å². The summed E-state index contributed by atoms with van der Waals surface area (Å²) in [5, 5.41) is 0.431. The van der Waals surface area contributed by atoms with Crippen molar-refractivity contribution in [1.82, 2.24) is 29.1 Å². The second-order valence-corrected chi connectivity index (χ2v) is 14.6. The molecule has 0 aromatic carbocycles. The van der Waals surface area contributed by atoms with Crippen LogP contribution in [0, 0.1) is 5.41 Å². The molecule has 6 rings (SSSR count). The fraction of sp³-hybridized carbons (Fsp3) is 0.407. The van der Waals surface area contributed by atoms with E-state index < -0.39 is 11.4 Å². The lowest BCUT2D eigenvalue weighted by molar-refractivity contribution is 0.175. The van der Waals surface area contributed by atoms with Crippen LogP contribution in [-0.2, 0) is 17.8 Å². The molecular formula is C27H31ClN8OS2. The third-order valence-electron chi connectivity index (χ3n) is 7.67. The zero-order valence-electron chi connectivity index (χ0n) is 22.1. The number of rotatable bonds is 5. The molecule has 5 heterocycles. The molecule has 0 radical (unpaired) electrons. The first-order valence-corrected chi connectivity index (χ1v) is 15.3. The Kier molecular flexibility index (Phi) is 6.91. The van der Waals surface area contributed by atoms with Gasteiger partial charge in [0, 0.05) is 71.4 Å². The van der Waals surface area contributed by atoms with Crippen LogP contribution in [0.1, 0.15) is 50.9 Å². The van der Waals surface area contributed by atoms with Gasteiger partial charge in [-0.1, -0.05) is 29.4 Å². The Morgan fingerprint density at radius 1 is 1.10 bits per heavy atom. The highest BCUT2D eigenvalue weighted by molar-refractivity contribution is 7.99. The molecule has 1 unspecified atom stereocenters. The minimum absolute atomic E-state index is 0.000884. The van der Waals surface area contributed by atoms with E-state index in [1.807, 2.05) is 55.9 Å². The van der Waals surface area contributed by atoms with Gasteiger partial charge in [0.1, 0.15) is 10.6 Å². The van der Waals surface area contributed by atoms with Crippen molar-refractivity contribution in [2.24, 2.45) is 5.41 Å². The van der Waals surface area contributed by atoms with Crippen LogP contribution in [0.25, 0.3) is 5.65 Å². The second-order valence-electron chi connectivity index (χ2n) is 11.2. The van der Waals surface area contributed by atoms with Gasteiger partial charge in [-0.05, 0) is 57.7 Å². The Balaban J connectivity index is 1.25. The molecule has 3 N–H and O–H groups in total. The number of pyridine rings is 2. The van der Waals surface area contributed by atoms with Crippen LogP contribution in [0.5, 0.6) is 0 Å². The molecule has 12 heteroatoms. The van der Waals surface area contributed by atoms with Gasteiger partial charge in [0.25, 0.3) is 0 Å². The van der Waals surface area contributed by atoms with Gasteiger partial charge >= 0.3 is 0 Å². The second kappa shape index (κ2) is 10.1. The van der Waals surface area contributed by atoms with Gasteiger partial charge in [0.15, 0.2) is 5.65 Å². The summed E-state index contributed by atoms with van der Waals surface area (Å²) in [5.74, 6) is 1.16. The Morgan fingerprint density at radius 3 is 2.67 bits per heavy atom. The first-order chi connectivity index (χ1) is 18.7. The van der Waals surface area contributed by atoms with E-state index >= 15 is 0 Å². The van der Waals surface area contributed by atoms with E-state index in [2.05, 4.69) is 25.7 Å². The third kappa shape index (κ3) is 4.84. The van der Waals surface area contributed by atoms with E-state index in [1.165, 1.54) is 17.3 Å². The maximum atomic E-state index is 13.2. The van der Waals surface area contributed by atoms with Crippen molar-refractivity contribution < 1.29 is 4.55 Å². The van der Waals surface area contributed by atoms with Crippen molar-refractivity contribution in [3.63, 3.8) is 0 Å². The van der Waals surface area contributed by atoms with Crippen molar-refractivity contribution in [3.05, 3.63) is 65.5 Å². The summed E-state index contributed by atoms with van der Waals surface area (Å²) in [6, 6.07) is 5.96. The molecule has 0 amide bonds. The predicted molar refractivity (Wildman–Crippen MR) is 156 cm³/mol. The molecule has 0 saturated carbocycles. The number of nitrogens with zero attached hydrogens (tertiary/aromatic N) is 6. The number of anilines is 2. The average Bonchev–Trinajstić information content (AvgIpc) is 3.51. The lowest BCUT2D eigenvalue weighted by Gasteiger charge is -2.44. The van der Waals surface area contributed by atoms with Gasteiger partial charge in [-0.2, -0.15) is 0 Å². The molecule has 1 fully saturated rings. The minimum Gasteiger partial charge on any atom is -0.598 e. The number of fused-ring (bicyclic) bond motifs is 2. The van der Waals surface area contributed by atoms with Crippen LogP contribution in [0.3, 0.4) is 0 Å². The Morgan fingerprint density at radius 2 is 1.90 bits per heavy atom. The Labute approximate surface area is 240 Å². The number of piperidine rings is 1. The Hall–Kier alpha value is -2.57. The van der Waals surface area contributed by atoms with Crippen LogP contribution in [0.2, 0.25) is 5.02 Å². The molecule has 2 aliphatic rings. The summed E-state index contributed by atoms with van der Waals surface area (Å²) in [7, 11) is 0. The number of nitrogen functional groups attached to an aromatic ring is 1. The summed E-state index contributed by atoms with van der Waals surface area (Å²) in [6.07, 6.45) is 11.8. The number of hydrogen-bond donors (Lipinski definition) is 2. The lowest BCUT2D eigenvalue weighted by atomic mass is 9.73. The van der Waals surface area contributed by atoms with Crippen molar-refractivity contribution >= 4 is 52.1 Å². The molecule has 1 spiro atoms. The van der Waals surface area contributed by atoms with E-state index in [9.17, 15) is 4.55 Å². The largest absolute Gasteiger partial charge is 0.598 e. The highest BCUT2D eigenvalue weighted by atomic mass is 35.5. The van der Waals surface area contributed by atoms with E-state index in [4.69, 9.17) is 27.3 Å². The first-order valence-electron chi connectivity index (χ1n) is 12.9. The molecule has 1 saturated heterocycles. The molecule has 2 atom stereocenters. The number of nitrogens with one attached hydrogen (secondary N) is 1. The Bertz CT molecular complexity index is 1520. The maximum Gasteiger partial charge on any atom is 0.211 e. The number of hydrogen-bond acceptors (Lipinski definition) is 9. The normalized spacial score (nSPS) is 19.5. The van der Waals surface area contributed by atoms with Crippen LogP contribution >= 0.6 is 23.4 Å². The van der Waals surface area contributed by atoms with Crippen molar-refractivity contribution in [1.29, 1.82) is 0 Å².